The molecule has 0 unspecified atom stereocenters. The van der Waals surface area contributed by atoms with Gasteiger partial charge in [0.05, 0.1) is 11.5 Å². The van der Waals surface area contributed by atoms with Gasteiger partial charge in [0.1, 0.15) is 5.82 Å². The summed E-state index contributed by atoms with van der Waals surface area (Å²) in [6.07, 6.45) is 3.35. The molecule has 2 aliphatic rings. The van der Waals surface area contributed by atoms with Crippen LogP contribution >= 0.6 is 0 Å². The van der Waals surface area contributed by atoms with Crippen LogP contribution in [0.4, 0.5) is 5.82 Å². The summed E-state index contributed by atoms with van der Waals surface area (Å²) in [5.74, 6) is -0.688. The zero-order chi connectivity index (χ0) is 17.3. The average Bonchev–Trinajstić information content (AvgIpc) is 2.87. The Morgan fingerprint density at radius 3 is 2.67 bits per heavy atom. The Labute approximate surface area is 141 Å². The molecule has 1 amide bonds. The third-order valence-electron chi connectivity index (χ3n) is 5.16. The number of carboxylic acids is 1. The van der Waals surface area contributed by atoms with Gasteiger partial charge in [-0.1, -0.05) is 6.07 Å². The Kier molecular flexibility index (Phi) is 4.45. The summed E-state index contributed by atoms with van der Waals surface area (Å²) in [5, 5.41) is 12.3. The van der Waals surface area contributed by atoms with Crippen molar-refractivity contribution in [2.45, 2.75) is 31.3 Å². The number of pyridine rings is 1. The molecule has 2 saturated heterocycles. The molecule has 24 heavy (non-hydrogen) atoms. The molecule has 0 radical (unpaired) electrons. The van der Waals surface area contributed by atoms with Crippen LogP contribution in [0.1, 0.15) is 24.8 Å². The lowest BCUT2D eigenvalue weighted by Crippen LogP contribution is -2.55. The summed E-state index contributed by atoms with van der Waals surface area (Å²) in [6, 6.07) is 4.07. The highest BCUT2D eigenvalue weighted by Crippen LogP contribution is 2.37. The van der Waals surface area contributed by atoms with Gasteiger partial charge >= 0.3 is 5.97 Å². The fourth-order valence-corrected chi connectivity index (χ4v) is 3.74. The van der Waals surface area contributed by atoms with E-state index in [1.807, 2.05) is 31.3 Å². The highest BCUT2D eigenvalue weighted by Gasteiger charge is 2.51. The lowest BCUT2D eigenvalue weighted by molar-refractivity contribution is -0.144. The molecule has 1 spiro atoms. The van der Waals surface area contributed by atoms with E-state index in [0.29, 0.717) is 12.8 Å². The molecule has 0 aliphatic carbocycles. The van der Waals surface area contributed by atoms with Crippen LogP contribution in [0.5, 0.6) is 0 Å². The third-order valence-corrected chi connectivity index (χ3v) is 5.16. The summed E-state index contributed by atoms with van der Waals surface area (Å²) >= 11 is 0. The fourth-order valence-electron chi connectivity index (χ4n) is 3.74. The molecular formula is C17H24N4O3. The summed E-state index contributed by atoms with van der Waals surface area (Å²) in [6.45, 7) is 2.35. The molecule has 1 aromatic heterocycles. The van der Waals surface area contributed by atoms with Gasteiger partial charge in [0, 0.05) is 46.3 Å². The number of nitrogens with zero attached hydrogens (tertiary/aromatic N) is 3. The van der Waals surface area contributed by atoms with Crippen molar-refractivity contribution in [3.63, 3.8) is 0 Å². The average molecular weight is 332 g/mol. The van der Waals surface area contributed by atoms with E-state index in [1.165, 1.54) is 0 Å². The van der Waals surface area contributed by atoms with Crippen molar-refractivity contribution in [2.24, 2.45) is 5.92 Å². The molecule has 1 aromatic rings. The zero-order valence-electron chi connectivity index (χ0n) is 14.2. The van der Waals surface area contributed by atoms with Gasteiger partial charge in [0.25, 0.3) is 0 Å². The lowest BCUT2D eigenvalue weighted by atomic mass is 9.77. The minimum atomic E-state index is -0.870. The third kappa shape index (κ3) is 3.21. The smallest absolute Gasteiger partial charge is 0.309 e. The number of carbonyl (C=O) groups is 2. The van der Waals surface area contributed by atoms with E-state index in [-0.39, 0.29) is 12.3 Å². The van der Waals surface area contributed by atoms with Crippen molar-refractivity contribution in [3.05, 3.63) is 23.9 Å². The number of likely N-dealkylation sites (tertiary alicyclic amines) is 1. The summed E-state index contributed by atoms with van der Waals surface area (Å²) in [7, 11) is 3.92. The number of carbonyl (C=O) groups excluding carboxylic acids is 1. The maximum Gasteiger partial charge on any atom is 0.309 e. The number of nitrogens with one attached hydrogen (secondary N) is 1. The van der Waals surface area contributed by atoms with Crippen molar-refractivity contribution in [1.29, 1.82) is 0 Å². The Morgan fingerprint density at radius 1 is 1.42 bits per heavy atom. The van der Waals surface area contributed by atoms with Crippen LogP contribution < -0.4 is 10.2 Å². The maximum atomic E-state index is 11.7. The first-order valence-corrected chi connectivity index (χ1v) is 8.28. The molecule has 0 saturated carbocycles. The van der Waals surface area contributed by atoms with Gasteiger partial charge in [-0.15, -0.1) is 0 Å². The summed E-state index contributed by atoms with van der Waals surface area (Å²) in [4.78, 5) is 31.8. The van der Waals surface area contributed by atoms with Gasteiger partial charge in [-0.25, -0.2) is 4.98 Å². The second-order valence-electron chi connectivity index (χ2n) is 6.99. The molecule has 130 valence electrons. The SMILES string of the molecule is CN(C)c1ccc(CN2CCC3(CC2)NC(=O)C[C@@H]3C(=O)O)cn1. The van der Waals surface area contributed by atoms with Crippen molar-refractivity contribution < 1.29 is 14.7 Å². The predicted molar refractivity (Wildman–Crippen MR) is 89.7 cm³/mol. The Morgan fingerprint density at radius 2 is 2.12 bits per heavy atom. The number of aliphatic carboxylic acids is 1. The van der Waals surface area contributed by atoms with Crippen molar-refractivity contribution in [3.8, 4) is 0 Å². The molecule has 0 bridgehead atoms. The Bertz CT molecular complexity index is 621. The molecule has 2 aliphatic heterocycles. The van der Waals surface area contributed by atoms with Crippen LogP contribution in [0.25, 0.3) is 0 Å². The number of hydrogen-bond acceptors (Lipinski definition) is 5. The van der Waals surface area contributed by atoms with E-state index >= 15 is 0 Å². The molecule has 3 heterocycles. The lowest BCUT2D eigenvalue weighted by Gasteiger charge is -2.41. The van der Waals surface area contributed by atoms with Crippen LogP contribution in [-0.2, 0) is 16.1 Å². The van der Waals surface area contributed by atoms with Gasteiger partial charge < -0.3 is 15.3 Å². The first-order chi connectivity index (χ1) is 11.4. The van der Waals surface area contributed by atoms with Gasteiger partial charge in [-0.2, -0.15) is 0 Å². The fraction of sp³-hybridized carbons (Fsp3) is 0.588. The highest BCUT2D eigenvalue weighted by atomic mass is 16.4. The number of hydrogen-bond donors (Lipinski definition) is 2. The summed E-state index contributed by atoms with van der Waals surface area (Å²) in [5.41, 5.74) is 0.577. The number of anilines is 1. The first-order valence-electron chi connectivity index (χ1n) is 8.28. The van der Waals surface area contributed by atoms with E-state index < -0.39 is 17.4 Å². The van der Waals surface area contributed by atoms with E-state index in [4.69, 9.17) is 0 Å². The topological polar surface area (TPSA) is 85.8 Å². The van der Waals surface area contributed by atoms with Gasteiger partial charge in [-0.05, 0) is 24.5 Å². The van der Waals surface area contributed by atoms with E-state index in [2.05, 4.69) is 21.3 Å². The second kappa shape index (κ2) is 6.39. The number of rotatable bonds is 4. The number of amides is 1. The normalized spacial score (nSPS) is 23.2. The largest absolute Gasteiger partial charge is 0.481 e. The van der Waals surface area contributed by atoms with Gasteiger partial charge in [0.15, 0.2) is 0 Å². The minimum absolute atomic E-state index is 0.102. The van der Waals surface area contributed by atoms with Crippen molar-refractivity contribution >= 4 is 17.7 Å². The molecule has 7 nitrogen and oxygen atoms in total. The van der Waals surface area contributed by atoms with E-state index in [1.54, 1.807) is 0 Å². The predicted octanol–water partition coefficient (Wildman–Crippen LogP) is 0.703. The van der Waals surface area contributed by atoms with Gasteiger partial charge in [0.2, 0.25) is 5.91 Å². The van der Waals surface area contributed by atoms with Crippen molar-refractivity contribution in [2.75, 3.05) is 32.1 Å². The molecule has 2 fully saturated rings. The molecule has 2 N–H and O–H groups in total. The van der Waals surface area contributed by atoms with Crippen LogP contribution in [0.15, 0.2) is 18.3 Å². The van der Waals surface area contributed by atoms with E-state index in [0.717, 1.165) is 31.0 Å². The monoisotopic (exact) mass is 332 g/mol. The Balaban J connectivity index is 1.61. The van der Waals surface area contributed by atoms with Crippen LogP contribution in [0, 0.1) is 5.92 Å². The quantitative estimate of drug-likeness (QED) is 0.844. The highest BCUT2D eigenvalue weighted by molar-refractivity contribution is 5.88. The second-order valence-corrected chi connectivity index (χ2v) is 6.99. The number of aromatic nitrogens is 1. The van der Waals surface area contributed by atoms with Crippen LogP contribution in [-0.4, -0.2) is 59.6 Å². The van der Waals surface area contributed by atoms with Crippen LogP contribution in [0.2, 0.25) is 0 Å². The maximum absolute atomic E-state index is 11.7. The first kappa shape index (κ1) is 16.7. The zero-order valence-corrected chi connectivity index (χ0v) is 14.2. The molecule has 1 atom stereocenters. The van der Waals surface area contributed by atoms with Gasteiger partial charge in [-0.3, -0.25) is 14.5 Å². The number of piperidine rings is 1. The van der Waals surface area contributed by atoms with Crippen molar-refractivity contribution in [1.82, 2.24) is 15.2 Å². The number of carboxylic acid groups (broad SMARTS) is 1. The molecule has 7 heteroatoms. The minimum Gasteiger partial charge on any atom is -0.481 e. The van der Waals surface area contributed by atoms with Crippen LogP contribution in [0.3, 0.4) is 0 Å². The Hall–Kier alpha value is -2.15. The molecule has 0 aromatic carbocycles. The molecular weight excluding hydrogens is 308 g/mol. The molecule has 3 rings (SSSR count). The standard InChI is InChI=1S/C17H24N4O3/c1-20(2)14-4-3-12(10-18-14)11-21-7-5-17(6-8-21)13(16(23)24)9-15(22)19-17/h3-4,10,13H,5-9,11H2,1-2H3,(H,19,22)(H,23,24)/t13-/m1/s1. The van der Waals surface area contributed by atoms with E-state index in [9.17, 15) is 14.7 Å². The summed E-state index contributed by atoms with van der Waals surface area (Å²) < 4.78 is 0.